The molecule has 0 saturated carbocycles. The molecule has 0 unspecified atom stereocenters. The highest BCUT2D eigenvalue weighted by Gasteiger charge is 2.24. The number of hydrogen-bond donors (Lipinski definition) is 2. The largest absolute Gasteiger partial charge is 0.369 e. The molecule has 0 aliphatic carbocycles. The number of hydrogen-bond acceptors (Lipinski definition) is 6. The van der Waals surface area contributed by atoms with Gasteiger partial charge >= 0.3 is 0 Å². The van der Waals surface area contributed by atoms with Crippen molar-refractivity contribution in [2.45, 2.75) is 26.3 Å². The molecule has 1 saturated heterocycles. The van der Waals surface area contributed by atoms with Crippen molar-refractivity contribution in [3.63, 3.8) is 0 Å². The van der Waals surface area contributed by atoms with Crippen LogP contribution in [0.5, 0.6) is 0 Å². The van der Waals surface area contributed by atoms with Crippen molar-refractivity contribution in [3.05, 3.63) is 54.0 Å². The fourth-order valence-corrected chi connectivity index (χ4v) is 3.72. The number of amides is 1. The summed E-state index contributed by atoms with van der Waals surface area (Å²) >= 11 is 0. The predicted molar refractivity (Wildman–Crippen MR) is 110 cm³/mol. The number of carbonyl (C=O) groups excluding carboxylic acids is 1. The minimum Gasteiger partial charge on any atom is -0.369 e. The fourth-order valence-electron chi connectivity index (χ4n) is 3.72. The minimum absolute atomic E-state index is 0.0304. The lowest BCUT2D eigenvalue weighted by Gasteiger charge is -2.32. The Morgan fingerprint density at radius 1 is 1.21 bits per heavy atom. The van der Waals surface area contributed by atoms with Gasteiger partial charge in [-0.2, -0.15) is 0 Å². The van der Waals surface area contributed by atoms with E-state index in [0.29, 0.717) is 6.54 Å². The Morgan fingerprint density at radius 2 is 2.04 bits per heavy atom. The molecule has 3 aromatic rings. The number of aryl methyl sites for hydroxylation is 1. The van der Waals surface area contributed by atoms with Crippen LogP contribution in [0.2, 0.25) is 0 Å². The Kier molecular flexibility index (Phi) is 5.06. The maximum absolute atomic E-state index is 11.4. The van der Waals surface area contributed by atoms with Crippen LogP contribution in [0.15, 0.2) is 42.9 Å². The zero-order chi connectivity index (χ0) is 19.5. The van der Waals surface area contributed by atoms with Gasteiger partial charge in [0.25, 0.3) is 0 Å². The van der Waals surface area contributed by atoms with Crippen molar-refractivity contribution < 1.29 is 4.79 Å². The number of rotatable bonds is 5. The minimum atomic E-state index is -0.200. The lowest BCUT2D eigenvalue weighted by Crippen LogP contribution is -2.39. The number of nitrogens with zero attached hydrogens (tertiary/aromatic N) is 4. The predicted octanol–water partition coefficient (Wildman–Crippen LogP) is 2.65. The Bertz CT molecular complexity index is 997. The first-order valence-electron chi connectivity index (χ1n) is 9.55. The van der Waals surface area contributed by atoms with Crippen molar-refractivity contribution in [1.82, 2.24) is 15.0 Å². The second kappa shape index (κ2) is 7.80. The van der Waals surface area contributed by atoms with E-state index in [0.717, 1.165) is 54.0 Å². The average molecular weight is 376 g/mol. The van der Waals surface area contributed by atoms with Crippen LogP contribution in [0.1, 0.15) is 24.0 Å². The second-order valence-electron chi connectivity index (χ2n) is 7.25. The maximum Gasteiger partial charge on any atom is 0.220 e. The SMILES string of the molecule is Cc1ccc2ncnc(NCc3cccnc3N3CCC(C(N)=O)CC3)c2c1. The molecule has 0 spiro atoms. The van der Waals surface area contributed by atoms with E-state index >= 15 is 0 Å². The highest BCUT2D eigenvalue weighted by atomic mass is 16.1. The van der Waals surface area contributed by atoms with E-state index in [1.54, 1.807) is 6.33 Å². The molecular weight excluding hydrogens is 352 g/mol. The van der Waals surface area contributed by atoms with Crippen molar-refractivity contribution >= 4 is 28.4 Å². The molecule has 1 amide bonds. The Morgan fingerprint density at radius 3 is 2.82 bits per heavy atom. The molecule has 0 bridgehead atoms. The Balaban J connectivity index is 1.53. The van der Waals surface area contributed by atoms with Crippen LogP contribution in [0.3, 0.4) is 0 Å². The van der Waals surface area contributed by atoms with Crippen LogP contribution in [-0.2, 0) is 11.3 Å². The lowest BCUT2D eigenvalue weighted by atomic mass is 9.96. The highest BCUT2D eigenvalue weighted by molar-refractivity contribution is 5.89. The third-order valence-corrected chi connectivity index (χ3v) is 5.30. The van der Waals surface area contributed by atoms with E-state index in [-0.39, 0.29) is 11.8 Å². The van der Waals surface area contributed by atoms with Crippen molar-refractivity contribution in [2.24, 2.45) is 11.7 Å². The lowest BCUT2D eigenvalue weighted by molar-refractivity contribution is -0.122. The first-order chi connectivity index (χ1) is 13.6. The number of aromatic nitrogens is 3. The summed E-state index contributed by atoms with van der Waals surface area (Å²) in [5.74, 6) is 1.54. The maximum atomic E-state index is 11.4. The summed E-state index contributed by atoms with van der Waals surface area (Å²) in [4.78, 5) is 27.0. The normalized spacial score (nSPS) is 15.0. The van der Waals surface area contributed by atoms with Gasteiger partial charge in [-0.15, -0.1) is 0 Å². The molecule has 0 radical (unpaired) electrons. The first-order valence-corrected chi connectivity index (χ1v) is 9.55. The monoisotopic (exact) mass is 376 g/mol. The van der Waals surface area contributed by atoms with E-state index in [4.69, 9.17) is 5.73 Å². The molecule has 7 heteroatoms. The van der Waals surface area contributed by atoms with E-state index in [9.17, 15) is 4.79 Å². The van der Waals surface area contributed by atoms with Crippen molar-refractivity contribution in [1.29, 1.82) is 0 Å². The molecule has 1 aliphatic rings. The van der Waals surface area contributed by atoms with Gasteiger partial charge in [-0.25, -0.2) is 15.0 Å². The molecule has 4 rings (SSSR count). The number of anilines is 2. The van der Waals surface area contributed by atoms with Crippen LogP contribution in [0.25, 0.3) is 10.9 Å². The van der Waals surface area contributed by atoms with Crippen LogP contribution < -0.4 is 16.0 Å². The average Bonchev–Trinajstić information content (AvgIpc) is 2.72. The second-order valence-corrected chi connectivity index (χ2v) is 7.25. The molecule has 144 valence electrons. The van der Waals surface area contributed by atoms with Gasteiger partial charge in [0.05, 0.1) is 5.52 Å². The van der Waals surface area contributed by atoms with Crippen molar-refractivity contribution in [3.8, 4) is 0 Å². The molecule has 0 atom stereocenters. The van der Waals surface area contributed by atoms with Crippen LogP contribution in [0, 0.1) is 12.8 Å². The number of benzene rings is 1. The summed E-state index contributed by atoms with van der Waals surface area (Å²) in [5.41, 5.74) is 8.64. The van der Waals surface area contributed by atoms with Gasteiger partial charge in [-0.05, 0) is 38.0 Å². The van der Waals surface area contributed by atoms with Crippen LogP contribution in [0.4, 0.5) is 11.6 Å². The summed E-state index contributed by atoms with van der Waals surface area (Å²) in [6.07, 6.45) is 4.93. The van der Waals surface area contributed by atoms with E-state index in [1.165, 1.54) is 5.56 Å². The van der Waals surface area contributed by atoms with Gasteiger partial charge in [0, 0.05) is 42.7 Å². The molecule has 3 N–H and O–H groups in total. The topological polar surface area (TPSA) is 97.0 Å². The molecule has 7 nitrogen and oxygen atoms in total. The number of nitrogens with one attached hydrogen (secondary N) is 1. The quantitative estimate of drug-likeness (QED) is 0.710. The molecule has 28 heavy (non-hydrogen) atoms. The summed E-state index contributed by atoms with van der Waals surface area (Å²) in [5, 5.41) is 4.46. The summed E-state index contributed by atoms with van der Waals surface area (Å²) in [7, 11) is 0. The van der Waals surface area contributed by atoms with Gasteiger partial charge in [-0.1, -0.05) is 17.7 Å². The number of pyridine rings is 1. The van der Waals surface area contributed by atoms with Gasteiger partial charge in [-0.3, -0.25) is 4.79 Å². The number of carbonyl (C=O) groups is 1. The van der Waals surface area contributed by atoms with Gasteiger partial charge in [0.2, 0.25) is 5.91 Å². The molecule has 3 heterocycles. The van der Waals surface area contributed by atoms with Gasteiger partial charge in [0.1, 0.15) is 18.0 Å². The first kappa shape index (κ1) is 18.2. The highest BCUT2D eigenvalue weighted by Crippen LogP contribution is 2.26. The number of primary amides is 1. The standard InChI is InChI=1S/C21H24N6O/c1-14-4-5-18-17(11-14)20(26-13-25-18)24-12-16-3-2-8-23-21(16)27-9-6-15(7-10-27)19(22)28/h2-5,8,11,13,15H,6-7,9-10,12H2,1H3,(H2,22,28)(H,24,25,26). The molecule has 1 aromatic carbocycles. The zero-order valence-corrected chi connectivity index (χ0v) is 15.9. The molecule has 2 aromatic heterocycles. The fraction of sp³-hybridized carbons (Fsp3) is 0.333. The Hall–Kier alpha value is -3.22. The summed E-state index contributed by atoms with van der Waals surface area (Å²) < 4.78 is 0. The summed E-state index contributed by atoms with van der Waals surface area (Å²) in [6.45, 7) is 4.24. The third-order valence-electron chi connectivity index (χ3n) is 5.30. The summed E-state index contributed by atoms with van der Waals surface area (Å²) in [6, 6.07) is 10.2. The third kappa shape index (κ3) is 3.74. The van der Waals surface area contributed by atoms with Gasteiger partial charge in [0.15, 0.2) is 0 Å². The smallest absolute Gasteiger partial charge is 0.220 e. The Labute approximate surface area is 164 Å². The van der Waals surface area contributed by atoms with Gasteiger partial charge < -0.3 is 16.0 Å². The van der Waals surface area contributed by atoms with E-state index in [1.807, 2.05) is 24.4 Å². The van der Waals surface area contributed by atoms with Crippen LogP contribution >= 0.6 is 0 Å². The van der Waals surface area contributed by atoms with Crippen molar-refractivity contribution in [2.75, 3.05) is 23.3 Å². The number of nitrogens with two attached hydrogens (primary N) is 1. The van der Waals surface area contributed by atoms with E-state index in [2.05, 4.69) is 44.2 Å². The zero-order valence-electron chi connectivity index (χ0n) is 15.9. The number of piperidine rings is 1. The number of fused-ring (bicyclic) bond motifs is 1. The molecular formula is C21H24N6O. The van der Waals surface area contributed by atoms with Crippen LogP contribution in [-0.4, -0.2) is 33.9 Å². The van der Waals surface area contributed by atoms with E-state index < -0.39 is 0 Å². The molecule has 1 fully saturated rings. The molecule has 1 aliphatic heterocycles.